The number of halogens is 3. The fourth-order valence-electron chi connectivity index (χ4n) is 2.33. The highest BCUT2D eigenvalue weighted by Crippen LogP contribution is 2.28. The zero-order chi connectivity index (χ0) is 17.3. The molecule has 0 fully saturated rings. The summed E-state index contributed by atoms with van der Waals surface area (Å²) >= 11 is 0. The van der Waals surface area contributed by atoms with Crippen LogP contribution in [-0.2, 0) is 12.7 Å². The van der Waals surface area contributed by atoms with E-state index < -0.39 is 12.0 Å². The number of aromatic nitrogens is 4. The highest BCUT2D eigenvalue weighted by atomic mass is 19.4. The minimum absolute atomic E-state index is 0.0387. The molecule has 3 aromatic rings. The number of rotatable bonds is 4. The van der Waals surface area contributed by atoms with Crippen LogP contribution in [0.15, 0.2) is 36.4 Å². The van der Waals surface area contributed by atoms with Crippen LogP contribution < -0.4 is 9.64 Å². The van der Waals surface area contributed by atoms with Crippen LogP contribution >= 0.6 is 0 Å². The Kier molecular flexibility index (Phi) is 4.00. The fraction of sp³-hybridized carbons (Fsp3) is 0.267. The lowest BCUT2D eigenvalue weighted by molar-refractivity contribution is -0.146. The van der Waals surface area contributed by atoms with Crippen molar-refractivity contribution in [2.45, 2.75) is 12.7 Å². The van der Waals surface area contributed by atoms with Gasteiger partial charge in [0.15, 0.2) is 5.65 Å². The van der Waals surface area contributed by atoms with E-state index in [4.69, 9.17) is 4.74 Å². The smallest absolute Gasteiger partial charge is 0.453 e. The van der Waals surface area contributed by atoms with Crippen molar-refractivity contribution in [3.8, 4) is 5.75 Å². The average Bonchev–Trinajstić information content (AvgIpc) is 2.98. The van der Waals surface area contributed by atoms with Gasteiger partial charge in [0.05, 0.1) is 7.11 Å². The van der Waals surface area contributed by atoms with Crippen LogP contribution in [-0.4, -0.2) is 34.0 Å². The monoisotopic (exact) mass is 337 g/mol. The number of methoxy groups -OCH3 is 1. The summed E-state index contributed by atoms with van der Waals surface area (Å²) in [5.41, 5.74) is 0.931. The van der Waals surface area contributed by atoms with Crippen LogP contribution in [0.3, 0.4) is 0 Å². The number of anilines is 1. The van der Waals surface area contributed by atoms with Crippen molar-refractivity contribution >= 4 is 11.5 Å². The maximum Gasteiger partial charge on any atom is 0.453 e. The second kappa shape index (κ2) is 5.99. The first-order valence-corrected chi connectivity index (χ1v) is 7.03. The molecular weight excluding hydrogens is 323 g/mol. The van der Waals surface area contributed by atoms with E-state index in [-0.39, 0.29) is 5.65 Å². The van der Waals surface area contributed by atoms with Crippen LogP contribution in [0.1, 0.15) is 11.4 Å². The van der Waals surface area contributed by atoms with Crippen LogP contribution in [0.2, 0.25) is 0 Å². The van der Waals surface area contributed by atoms with E-state index in [0.717, 1.165) is 5.56 Å². The van der Waals surface area contributed by atoms with Crippen LogP contribution in [0.25, 0.3) is 5.65 Å². The zero-order valence-electron chi connectivity index (χ0n) is 12.9. The molecule has 0 aliphatic rings. The number of hydrogen-bond acceptors (Lipinski definition) is 5. The number of para-hydroxylation sites is 1. The first-order valence-electron chi connectivity index (χ1n) is 7.03. The van der Waals surface area contributed by atoms with Gasteiger partial charge in [-0.15, -0.1) is 15.3 Å². The number of alkyl halides is 3. The van der Waals surface area contributed by atoms with E-state index in [1.54, 1.807) is 25.1 Å². The van der Waals surface area contributed by atoms with E-state index in [1.165, 1.54) is 6.07 Å². The van der Waals surface area contributed by atoms with E-state index in [9.17, 15) is 13.2 Å². The normalized spacial score (nSPS) is 11.7. The van der Waals surface area contributed by atoms with Crippen molar-refractivity contribution in [3.63, 3.8) is 0 Å². The Morgan fingerprint density at radius 2 is 1.88 bits per heavy atom. The molecule has 126 valence electrons. The van der Waals surface area contributed by atoms with Gasteiger partial charge in [0, 0.05) is 19.2 Å². The molecule has 0 N–H and O–H groups in total. The molecule has 0 saturated heterocycles. The summed E-state index contributed by atoms with van der Waals surface area (Å²) < 4.78 is 44.8. The third-order valence-electron chi connectivity index (χ3n) is 3.49. The summed E-state index contributed by atoms with van der Waals surface area (Å²) in [6.45, 7) is 0.423. The summed E-state index contributed by atoms with van der Waals surface area (Å²) in [6, 6.07) is 10.5. The zero-order valence-corrected chi connectivity index (χ0v) is 12.9. The molecule has 0 spiro atoms. The lowest BCUT2D eigenvalue weighted by Gasteiger charge is -2.19. The molecule has 1 aromatic carbocycles. The van der Waals surface area contributed by atoms with Crippen molar-refractivity contribution in [1.82, 2.24) is 19.8 Å². The summed E-state index contributed by atoms with van der Waals surface area (Å²) in [4.78, 5) is 1.72. The lowest BCUT2D eigenvalue weighted by Crippen LogP contribution is -2.20. The second-order valence-electron chi connectivity index (χ2n) is 5.15. The molecule has 3 rings (SSSR count). The Hall–Kier alpha value is -2.84. The molecule has 9 heteroatoms. The molecule has 6 nitrogen and oxygen atoms in total. The molecule has 2 aromatic heterocycles. The molecule has 0 bridgehead atoms. The quantitative estimate of drug-likeness (QED) is 0.733. The molecular formula is C15H14F3N5O. The Labute approximate surface area is 135 Å². The van der Waals surface area contributed by atoms with Crippen molar-refractivity contribution in [1.29, 1.82) is 0 Å². The minimum atomic E-state index is -4.62. The molecule has 0 amide bonds. The summed E-state index contributed by atoms with van der Waals surface area (Å²) in [6.07, 6.45) is -4.62. The van der Waals surface area contributed by atoms with Crippen molar-refractivity contribution in [3.05, 3.63) is 47.8 Å². The summed E-state index contributed by atoms with van der Waals surface area (Å²) in [7, 11) is 3.30. The van der Waals surface area contributed by atoms with Gasteiger partial charge in [0.25, 0.3) is 5.82 Å². The van der Waals surface area contributed by atoms with Crippen molar-refractivity contribution in [2.24, 2.45) is 0 Å². The van der Waals surface area contributed by atoms with Crippen molar-refractivity contribution < 1.29 is 17.9 Å². The number of hydrogen-bond donors (Lipinski definition) is 0. The number of benzene rings is 1. The summed E-state index contributed by atoms with van der Waals surface area (Å²) in [5.74, 6) is -0.0885. The van der Waals surface area contributed by atoms with Gasteiger partial charge in [-0.1, -0.05) is 18.2 Å². The molecule has 0 unspecified atom stereocenters. The molecule has 0 aliphatic carbocycles. The predicted molar refractivity (Wildman–Crippen MR) is 80.9 cm³/mol. The van der Waals surface area contributed by atoms with Gasteiger partial charge in [-0.3, -0.25) is 0 Å². The molecule has 24 heavy (non-hydrogen) atoms. The SMILES string of the molecule is COc1ccccc1CN(C)c1ccc2nnc(C(F)(F)F)n2n1. The van der Waals surface area contributed by atoms with Crippen LogP contribution in [0.5, 0.6) is 5.75 Å². The lowest BCUT2D eigenvalue weighted by atomic mass is 10.2. The molecule has 0 saturated carbocycles. The molecule has 2 heterocycles. The summed E-state index contributed by atoms with van der Waals surface area (Å²) in [5, 5.41) is 10.7. The third kappa shape index (κ3) is 2.97. The van der Waals surface area contributed by atoms with Gasteiger partial charge in [0.1, 0.15) is 11.6 Å². The van der Waals surface area contributed by atoms with Gasteiger partial charge in [-0.25, -0.2) is 0 Å². The predicted octanol–water partition coefficient (Wildman–Crippen LogP) is 2.79. The fourth-order valence-corrected chi connectivity index (χ4v) is 2.33. The number of ether oxygens (including phenoxy) is 1. The Balaban J connectivity index is 1.94. The van der Waals surface area contributed by atoms with Crippen LogP contribution in [0, 0.1) is 0 Å². The Bertz CT molecular complexity index is 862. The Morgan fingerprint density at radius 1 is 1.12 bits per heavy atom. The standard InChI is InChI=1S/C15H14F3N5O/c1-22(9-10-5-3-4-6-11(10)24-2)13-8-7-12-19-20-14(15(16,17)18)23(12)21-13/h3-8H,9H2,1-2H3. The van der Waals surface area contributed by atoms with E-state index >= 15 is 0 Å². The van der Waals surface area contributed by atoms with Gasteiger partial charge in [0.2, 0.25) is 0 Å². The van der Waals surface area contributed by atoms with Gasteiger partial charge in [-0.05, 0) is 18.2 Å². The van der Waals surface area contributed by atoms with E-state index in [0.29, 0.717) is 22.6 Å². The van der Waals surface area contributed by atoms with E-state index in [2.05, 4.69) is 15.3 Å². The number of fused-ring (bicyclic) bond motifs is 1. The first kappa shape index (κ1) is 16.0. The average molecular weight is 337 g/mol. The molecule has 0 atom stereocenters. The maximum atomic E-state index is 12.9. The molecule has 0 radical (unpaired) electrons. The Morgan fingerprint density at radius 3 is 2.58 bits per heavy atom. The van der Waals surface area contributed by atoms with Gasteiger partial charge >= 0.3 is 6.18 Å². The second-order valence-corrected chi connectivity index (χ2v) is 5.15. The van der Waals surface area contributed by atoms with Gasteiger partial charge < -0.3 is 9.64 Å². The van der Waals surface area contributed by atoms with Gasteiger partial charge in [-0.2, -0.15) is 17.7 Å². The third-order valence-corrected chi connectivity index (χ3v) is 3.49. The highest BCUT2D eigenvalue weighted by Gasteiger charge is 2.37. The maximum absolute atomic E-state index is 12.9. The topological polar surface area (TPSA) is 55.5 Å². The minimum Gasteiger partial charge on any atom is -0.496 e. The largest absolute Gasteiger partial charge is 0.496 e. The molecule has 0 aliphatic heterocycles. The van der Waals surface area contributed by atoms with E-state index in [1.807, 2.05) is 24.3 Å². The highest BCUT2D eigenvalue weighted by molar-refractivity contribution is 5.47. The van der Waals surface area contributed by atoms with Crippen molar-refractivity contribution in [2.75, 3.05) is 19.1 Å². The number of nitrogens with zero attached hydrogens (tertiary/aromatic N) is 5. The van der Waals surface area contributed by atoms with Crippen LogP contribution in [0.4, 0.5) is 19.0 Å². The first-order chi connectivity index (χ1) is 11.4.